The number of Topliss-reactive ketones (excluding diaryl/α,β-unsaturated/α-hetero) is 1. The fourth-order valence-electron chi connectivity index (χ4n) is 1.44. The molecule has 1 aromatic rings. The lowest BCUT2D eigenvalue weighted by Gasteiger charge is -2.02. The second-order valence-corrected chi connectivity index (χ2v) is 4.60. The number of hydrogen-bond donors (Lipinski definition) is 2. The Morgan fingerprint density at radius 1 is 1.35 bits per heavy atom. The van der Waals surface area contributed by atoms with Gasteiger partial charge in [-0.25, -0.2) is 4.79 Å². The third-order valence-corrected chi connectivity index (χ3v) is 2.69. The first kappa shape index (κ1) is 13.7. The Morgan fingerprint density at radius 3 is 2.76 bits per heavy atom. The Morgan fingerprint density at radius 2 is 2.12 bits per heavy atom. The van der Waals surface area contributed by atoms with E-state index < -0.39 is 6.09 Å². The van der Waals surface area contributed by atoms with Crippen molar-refractivity contribution in [2.24, 2.45) is 0 Å². The second-order valence-electron chi connectivity index (χ2n) is 3.68. The molecular weight excluding hydrogens is 286 g/mol. The van der Waals surface area contributed by atoms with Crippen molar-refractivity contribution >= 4 is 27.8 Å². The van der Waals surface area contributed by atoms with Crippen molar-refractivity contribution in [3.05, 3.63) is 34.3 Å². The number of amides is 1. The van der Waals surface area contributed by atoms with Crippen molar-refractivity contribution in [3.63, 3.8) is 0 Å². The number of ketones is 1. The van der Waals surface area contributed by atoms with Gasteiger partial charge in [0.25, 0.3) is 0 Å². The summed E-state index contributed by atoms with van der Waals surface area (Å²) in [4.78, 5) is 21.7. The van der Waals surface area contributed by atoms with E-state index in [9.17, 15) is 9.59 Å². The number of carbonyl (C=O) groups excluding carboxylic acids is 1. The van der Waals surface area contributed by atoms with E-state index in [-0.39, 0.29) is 5.78 Å². The molecular formula is C12H14BrNO3. The summed E-state index contributed by atoms with van der Waals surface area (Å²) in [6.45, 7) is 0.319. The minimum absolute atomic E-state index is 0.121. The van der Waals surface area contributed by atoms with E-state index in [0.29, 0.717) is 25.8 Å². The van der Waals surface area contributed by atoms with E-state index in [1.807, 2.05) is 24.3 Å². The lowest BCUT2D eigenvalue weighted by atomic mass is 10.1. The van der Waals surface area contributed by atoms with Crippen LogP contribution in [0.4, 0.5) is 4.79 Å². The second kappa shape index (κ2) is 7.06. The molecule has 1 amide bonds. The maximum absolute atomic E-state index is 11.6. The molecule has 0 unspecified atom stereocenters. The Bertz CT molecular complexity index is 406. The number of halogens is 1. The summed E-state index contributed by atoms with van der Waals surface area (Å²) in [5.74, 6) is 0.121. The molecule has 1 aromatic carbocycles. The highest BCUT2D eigenvalue weighted by Crippen LogP contribution is 2.12. The molecule has 4 nitrogen and oxygen atoms in total. The van der Waals surface area contributed by atoms with Gasteiger partial charge >= 0.3 is 6.09 Å². The quantitative estimate of drug-likeness (QED) is 0.794. The molecule has 0 spiro atoms. The van der Waals surface area contributed by atoms with Crippen molar-refractivity contribution in [2.75, 3.05) is 6.54 Å². The topological polar surface area (TPSA) is 66.4 Å². The SMILES string of the molecule is O=C(CCCNC(=O)O)Cc1cccc(Br)c1. The molecule has 0 aliphatic rings. The van der Waals surface area contributed by atoms with Crippen LogP contribution in [0.1, 0.15) is 18.4 Å². The number of hydrogen-bond acceptors (Lipinski definition) is 2. The van der Waals surface area contributed by atoms with Gasteiger partial charge < -0.3 is 10.4 Å². The molecule has 0 aliphatic carbocycles. The van der Waals surface area contributed by atoms with Gasteiger partial charge in [0.2, 0.25) is 0 Å². The first-order valence-corrected chi connectivity index (χ1v) is 6.10. The zero-order valence-electron chi connectivity index (χ0n) is 9.28. The fraction of sp³-hybridized carbons (Fsp3) is 0.333. The lowest BCUT2D eigenvalue weighted by molar-refractivity contribution is -0.118. The van der Waals surface area contributed by atoms with Gasteiger partial charge in [-0.2, -0.15) is 0 Å². The normalized spacial score (nSPS) is 9.94. The van der Waals surface area contributed by atoms with Gasteiger partial charge in [0, 0.05) is 23.9 Å². The molecule has 0 heterocycles. The Kier molecular flexibility index (Phi) is 5.69. The largest absolute Gasteiger partial charge is 0.465 e. The van der Waals surface area contributed by atoms with Crippen molar-refractivity contribution in [1.29, 1.82) is 0 Å². The maximum Gasteiger partial charge on any atom is 0.404 e. The molecule has 5 heteroatoms. The number of nitrogens with one attached hydrogen (secondary N) is 1. The van der Waals surface area contributed by atoms with E-state index in [2.05, 4.69) is 21.2 Å². The standard InChI is InChI=1S/C12H14BrNO3/c13-10-4-1-3-9(7-10)8-11(15)5-2-6-14-12(16)17/h1,3-4,7,14H,2,5-6,8H2,(H,16,17). The van der Waals surface area contributed by atoms with Gasteiger partial charge in [-0.1, -0.05) is 28.1 Å². The molecule has 0 aromatic heterocycles. The summed E-state index contributed by atoms with van der Waals surface area (Å²) >= 11 is 3.35. The number of carbonyl (C=O) groups is 2. The van der Waals surface area contributed by atoms with Gasteiger partial charge in [-0.3, -0.25) is 4.79 Å². The first-order valence-electron chi connectivity index (χ1n) is 5.31. The Balaban J connectivity index is 2.27. The van der Waals surface area contributed by atoms with E-state index in [1.165, 1.54) is 0 Å². The molecule has 1 rings (SSSR count). The lowest BCUT2D eigenvalue weighted by Crippen LogP contribution is -2.22. The molecule has 0 aliphatic heterocycles. The summed E-state index contributed by atoms with van der Waals surface area (Å²) in [5, 5.41) is 10.6. The molecule has 2 N–H and O–H groups in total. The van der Waals surface area contributed by atoms with Crippen LogP contribution in [0.2, 0.25) is 0 Å². The van der Waals surface area contributed by atoms with Crippen LogP contribution in [0.15, 0.2) is 28.7 Å². The van der Waals surface area contributed by atoms with E-state index >= 15 is 0 Å². The van der Waals surface area contributed by atoms with Crippen molar-refractivity contribution in [2.45, 2.75) is 19.3 Å². The Hall–Kier alpha value is -1.36. The summed E-state index contributed by atoms with van der Waals surface area (Å²) < 4.78 is 0.954. The van der Waals surface area contributed by atoms with Crippen LogP contribution in [0.25, 0.3) is 0 Å². The first-order chi connectivity index (χ1) is 8.08. The average molecular weight is 300 g/mol. The van der Waals surface area contributed by atoms with E-state index in [0.717, 1.165) is 10.0 Å². The molecule has 0 saturated heterocycles. The van der Waals surface area contributed by atoms with Crippen molar-refractivity contribution in [1.82, 2.24) is 5.32 Å². The number of rotatable bonds is 6. The molecule has 0 fully saturated rings. The summed E-state index contributed by atoms with van der Waals surface area (Å²) in [7, 11) is 0. The van der Waals surface area contributed by atoms with Crippen LogP contribution in [0.5, 0.6) is 0 Å². The highest BCUT2D eigenvalue weighted by atomic mass is 79.9. The predicted molar refractivity (Wildman–Crippen MR) is 68.1 cm³/mol. The zero-order valence-corrected chi connectivity index (χ0v) is 10.9. The highest BCUT2D eigenvalue weighted by Gasteiger charge is 2.04. The summed E-state index contributed by atoms with van der Waals surface area (Å²) in [6, 6.07) is 7.61. The number of benzene rings is 1. The van der Waals surface area contributed by atoms with Gasteiger partial charge in [-0.15, -0.1) is 0 Å². The minimum atomic E-state index is -1.05. The summed E-state index contributed by atoms with van der Waals surface area (Å²) in [5.41, 5.74) is 0.968. The molecule has 0 atom stereocenters. The van der Waals surface area contributed by atoms with Crippen LogP contribution < -0.4 is 5.32 Å². The van der Waals surface area contributed by atoms with Crippen LogP contribution in [0.3, 0.4) is 0 Å². The minimum Gasteiger partial charge on any atom is -0.465 e. The van der Waals surface area contributed by atoms with Crippen LogP contribution >= 0.6 is 15.9 Å². The zero-order chi connectivity index (χ0) is 12.7. The summed E-state index contributed by atoms with van der Waals surface area (Å²) in [6.07, 6.45) is 0.280. The highest BCUT2D eigenvalue weighted by molar-refractivity contribution is 9.10. The monoisotopic (exact) mass is 299 g/mol. The van der Waals surface area contributed by atoms with E-state index in [1.54, 1.807) is 0 Å². The fourth-order valence-corrected chi connectivity index (χ4v) is 1.89. The molecule has 0 bridgehead atoms. The maximum atomic E-state index is 11.6. The van der Waals surface area contributed by atoms with Gasteiger partial charge in [0.1, 0.15) is 5.78 Å². The van der Waals surface area contributed by atoms with Crippen LogP contribution in [-0.2, 0) is 11.2 Å². The van der Waals surface area contributed by atoms with Crippen LogP contribution in [-0.4, -0.2) is 23.5 Å². The predicted octanol–water partition coefficient (Wildman–Crippen LogP) is 2.61. The Labute approximate surface area is 108 Å². The molecule has 0 radical (unpaired) electrons. The molecule has 17 heavy (non-hydrogen) atoms. The third kappa shape index (κ3) is 6.06. The van der Waals surface area contributed by atoms with Gasteiger partial charge in [0.15, 0.2) is 0 Å². The van der Waals surface area contributed by atoms with Crippen molar-refractivity contribution < 1.29 is 14.7 Å². The molecule has 92 valence electrons. The molecule has 0 saturated carbocycles. The number of carboxylic acid groups (broad SMARTS) is 1. The van der Waals surface area contributed by atoms with Crippen molar-refractivity contribution in [3.8, 4) is 0 Å². The van der Waals surface area contributed by atoms with E-state index in [4.69, 9.17) is 5.11 Å². The van der Waals surface area contributed by atoms with Gasteiger partial charge in [-0.05, 0) is 24.1 Å². The average Bonchev–Trinajstić information content (AvgIpc) is 2.24. The van der Waals surface area contributed by atoms with Gasteiger partial charge in [0.05, 0.1) is 0 Å². The van der Waals surface area contributed by atoms with Crippen LogP contribution in [0, 0.1) is 0 Å². The smallest absolute Gasteiger partial charge is 0.404 e. The third-order valence-electron chi connectivity index (χ3n) is 2.20.